The molecule has 1 fully saturated rings. The van der Waals surface area contributed by atoms with E-state index >= 15 is 0 Å². The minimum Gasteiger partial charge on any atom is -0.381 e. The molecule has 112 valence electrons. The van der Waals surface area contributed by atoms with Gasteiger partial charge in [-0.15, -0.1) is 0 Å². The highest BCUT2D eigenvalue weighted by atomic mass is 32.2. The van der Waals surface area contributed by atoms with Gasteiger partial charge in [0.15, 0.2) is 0 Å². The van der Waals surface area contributed by atoms with E-state index in [2.05, 4.69) is 21.9 Å². The molecule has 1 aromatic heterocycles. The van der Waals surface area contributed by atoms with Crippen LogP contribution in [-0.4, -0.2) is 40.2 Å². The van der Waals surface area contributed by atoms with E-state index in [1.165, 1.54) is 18.3 Å². The summed E-state index contributed by atoms with van der Waals surface area (Å²) in [5.41, 5.74) is -0.0375. The largest absolute Gasteiger partial charge is 0.381 e. The predicted molar refractivity (Wildman–Crippen MR) is 77.1 cm³/mol. The van der Waals surface area contributed by atoms with Gasteiger partial charge in [0.2, 0.25) is 10.0 Å². The van der Waals surface area contributed by atoms with Crippen LogP contribution in [0.3, 0.4) is 0 Å². The van der Waals surface area contributed by atoms with Gasteiger partial charge >= 0.3 is 0 Å². The second-order valence-corrected chi connectivity index (χ2v) is 7.14. The number of hydrogen-bond acceptors (Lipinski definition) is 5. The lowest BCUT2D eigenvalue weighted by Gasteiger charge is -2.33. The van der Waals surface area contributed by atoms with Gasteiger partial charge in [0, 0.05) is 39.1 Å². The maximum absolute atomic E-state index is 12.3. The highest BCUT2D eigenvalue weighted by molar-refractivity contribution is 7.89. The summed E-state index contributed by atoms with van der Waals surface area (Å²) in [5, 5.41) is 2.83. The summed E-state index contributed by atoms with van der Waals surface area (Å²) in [6.07, 6.45) is 3.22. The van der Waals surface area contributed by atoms with E-state index in [0.717, 1.165) is 12.8 Å². The molecule has 0 unspecified atom stereocenters. The zero-order chi connectivity index (χ0) is 14.6. The topological polar surface area (TPSA) is 80.3 Å². The number of sulfonamides is 1. The zero-order valence-electron chi connectivity index (χ0n) is 11.8. The minimum absolute atomic E-state index is 0.0375. The van der Waals surface area contributed by atoms with Crippen LogP contribution in [0.2, 0.25) is 0 Å². The van der Waals surface area contributed by atoms with Crippen LogP contribution in [0, 0.1) is 5.41 Å². The molecule has 1 aromatic rings. The van der Waals surface area contributed by atoms with Gasteiger partial charge in [-0.05, 0) is 24.3 Å². The van der Waals surface area contributed by atoms with Gasteiger partial charge in [-0.2, -0.15) is 0 Å². The van der Waals surface area contributed by atoms with Gasteiger partial charge in [-0.1, -0.05) is 6.92 Å². The predicted octanol–water partition coefficient (Wildman–Crippen LogP) is 1.22. The van der Waals surface area contributed by atoms with Crippen molar-refractivity contribution < 1.29 is 13.2 Å². The van der Waals surface area contributed by atoms with E-state index in [-0.39, 0.29) is 10.3 Å². The Labute approximate surface area is 120 Å². The third kappa shape index (κ3) is 3.68. The molecule has 0 radical (unpaired) electrons. The van der Waals surface area contributed by atoms with Crippen molar-refractivity contribution >= 4 is 15.8 Å². The highest BCUT2D eigenvalue weighted by Crippen LogP contribution is 2.29. The summed E-state index contributed by atoms with van der Waals surface area (Å²) >= 11 is 0. The van der Waals surface area contributed by atoms with Crippen molar-refractivity contribution in [2.45, 2.75) is 24.7 Å². The molecule has 2 heterocycles. The van der Waals surface area contributed by atoms with Crippen LogP contribution in [0.1, 0.15) is 19.8 Å². The van der Waals surface area contributed by atoms with Crippen LogP contribution in [0.5, 0.6) is 0 Å². The molecule has 0 atom stereocenters. The quantitative estimate of drug-likeness (QED) is 0.854. The minimum atomic E-state index is -3.50. The molecular weight excluding hydrogens is 278 g/mol. The van der Waals surface area contributed by atoms with Crippen molar-refractivity contribution in [3.63, 3.8) is 0 Å². The fraction of sp³-hybridized carbons (Fsp3) is 0.615. The average molecular weight is 299 g/mol. The number of anilines is 1. The van der Waals surface area contributed by atoms with Crippen LogP contribution in [0.4, 0.5) is 5.82 Å². The average Bonchev–Trinajstić information content (AvgIpc) is 2.46. The molecular formula is C13H21N3O3S. The molecule has 0 aliphatic carbocycles. The summed E-state index contributed by atoms with van der Waals surface area (Å²) in [6.45, 7) is 3.90. The third-order valence-corrected chi connectivity index (χ3v) is 5.09. The maximum Gasteiger partial charge on any atom is 0.240 e. The lowest BCUT2D eigenvalue weighted by atomic mass is 9.83. The number of nitrogens with zero attached hydrogens (tertiary/aromatic N) is 1. The Morgan fingerprint density at radius 2 is 2.10 bits per heavy atom. The number of ether oxygens (including phenoxy) is 1. The summed E-state index contributed by atoms with van der Waals surface area (Å²) in [6, 6.07) is 3.02. The van der Waals surface area contributed by atoms with Crippen LogP contribution in [0.15, 0.2) is 23.2 Å². The van der Waals surface area contributed by atoms with Gasteiger partial charge in [0.25, 0.3) is 0 Å². The van der Waals surface area contributed by atoms with Crippen LogP contribution in [-0.2, 0) is 14.8 Å². The van der Waals surface area contributed by atoms with Crippen molar-refractivity contribution in [1.29, 1.82) is 0 Å². The molecule has 7 heteroatoms. The molecule has 6 nitrogen and oxygen atoms in total. The Hall–Kier alpha value is -1.18. The first-order valence-electron chi connectivity index (χ1n) is 6.66. The number of nitrogens with one attached hydrogen (secondary N) is 2. The molecule has 0 aromatic carbocycles. The third-order valence-electron chi connectivity index (χ3n) is 3.69. The molecule has 0 spiro atoms. The van der Waals surface area contributed by atoms with E-state index in [1.54, 1.807) is 7.05 Å². The molecule has 2 rings (SSSR count). The first-order valence-corrected chi connectivity index (χ1v) is 8.15. The number of rotatable bonds is 5. The lowest BCUT2D eigenvalue weighted by molar-refractivity contribution is 0.0265. The Kier molecular flexibility index (Phi) is 4.62. The molecule has 0 saturated carbocycles. The van der Waals surface area contributed by atoms with Gasteiger partial charge in [0.05, 0.1) is 4.90 Å². The summed E-state index contributed by atoms with van der Waals surface area (Å²) in [7, 11) is -1.80. The Morgan fingerprint density at radius 3 is 2.75 bits per heavy atom. The molecule has 1 aliphatic heterocycles. The van der Waals surface area contributed by atoms with Crippen LogP contribution < -0.4 is 10.0 Å². The highest BCUT2D eigenvalue weighted by Gasteiger charge is 2.29. The molecule has 1 saturated heterocycles. The summed E-state index contributed by atoms with van der Waals surface area (Å²) in [4.78, 5) is 4.24. The Morgan fingerprint density at radius 1 is 1.40 bits per heavy atom. The monoisotopic (exact) mass is 299 g/mol. The Bertz CT molecular complexity index is 554. The summed E-state index contributed by atoms with van der Waals surface area (Å²) in [5.74, 6) is 0.533. The van der Waals surface area contributed by atoms with E-state index < -0.39 is 10.0 Å². The molecule has 0 bridgehead atoms. The SMILES string of the molecule is CNc1cc(S(=O)(=O)NCC2(C)CCOCC2)ccn1. The molecule has 1 aliphatic rings. The number of aromatic nitrogens is 1. The van der Waals surface area contributed by atoms with Crippen molar-refractivity contribution in [2.75, 3.05) is 32.1 Å². The van der Waals surface area contributed by atoms with Gasteiger partial charge in [-0.3, -0.25) is 0 Å². The van der Waals surface area contributed by atoms with Crippen LogP contribution >= 0.6 is 0 Å². The zero-order valence-corrected chi connectivity index (χ0v) is 12.7. The lowest BCUT2D eigenvalue weighted by Crippen LogP contribution is -2.39. The second-order valence-electron chi connectivity index (χ2n) is 5.37. The van der Waals surface area contributed by atoms with E-state index in [0.29, 0.717) is 25.6 Å². The van der Waals surface area contributed by atoms with Crippen molar-refractivity contribution in [3.8, 4) is 0 Å². The number of hydrogen-bond donors (Lipinski definition) is 2. The molecule has 2 N–H and O–H groups in total. The van der Waals surface area contributed by atoms with Crippen LogP contribution in [0.25, 0.3) is 0 Å². The first kappa shape index (κ1) is 15.2. The fourth-order valence-electron chi connectivity index (χ4n) is 2.11. The maximum atomic E-state index is 12.3. The molecule has 20 heavy (non-hydrogen) atoms. The van der Waals surface area contributed by atoms with Crippen molar-refractivity contribution in [2.24, 2.45) is 5.41 Å². The van der Waals surface area contributed by atoms with Gasteiger partial charge < -0.3 is 10.1 Å². The standard InChI is InChI=1S/C13H21N3O3S/c1-13(4-7-19-8-5-13)10-16-20(17,18)11-3-6-15-12(9-11)14-2/h3,6,9,16H,4-5,7-8,10H2,1-2H3,(H,14,15). The smallest absolute Gasteiger partial charge is 0.240 e. The summed E-state index contributed by atoms with van der Waals surface area (Å²) < 4.78 is 32.6. The van der Waals surface area contributed by atoms with Gasteiger partial charge in [-0.25, -0.2) is 18.1 Å². The first-order chi connectivity index (χ1) is 9.45. The molecule has 0 amide bonds. The van der Waals surface area contributed by atoms with Crippen molar-refractivity contribution in [1.82, 2.24) is 9.71 Å². The Balaban J connectivity index is 2.06. The fourth-order valence-corrected chi connectivity index (χ4v) is 3.32. The normalized spacial score (nSPS) is 18.7. The van der Waals surface area contributed by atoms with E-state index in [1.807, 2.05) is 0 Å². The number of pyridine rings is 1. The van der Waals surface area contributed by atoms with E-state index in [9.17, 15) is 8.42 Å². The second kappa shape index (κ2) is 6.07. The van der Waals surface area contributed by atoms with E-state index in [4.69, 9.17) is 4.74 Å². The van der Waals surface area contributed by atoms with Gasteiger partial charge in [0.1, 0.15) is 5.82 Å². The van der Waals surface area contributed by atoms with Crippen molar-refractivity contribution in [3.05, 3.63) is 18.3 Å².